The fraction of sp³-hybridized carbons (Fsp3) is 0.500. The number of rotatable bonds is 2. The van der Waals surface area contributed by atoms with E-state index in [2.05, 4.69) is 0 Å². The standard InChI is InChI=1S/C12H18N2O3S/c1-9-5-6-11(13)12(10(9)2)18(15,16)14-7-3-4-8-17-14/h5-6H,3-4,7-8,13H2,1-2H3. The van der Waals surface area contributed by atoms with Crippen LogP contribution >= 0.6 is 0 Å². The zero-order chi connectivity index (χ0) is 13.3. The maximum atomic E-state index is 12.5. The molecule has 1 aliphatic rings. The van der Waals surface area contributed by atoms with E-state index in [-0.39, 0.29) is 10.6 Å². The van der Waals surface area contributed by atoms with Crippen LogP contribution in [0.1, 0.15) is 24.0 Å². The van der Waals surface area contributed by atoms with Gasteiger partial charge in [0, 0.05) is 6.54 Å². The molecule has 2 rings (SSSR count). The molecule has 2 N–H and O–H groups in total. The van der Waals surface area contributed by atoms with Crippen LogP contribution in [0, 0.1) is 13.8 Å². The number of nitrogens with two attached hydrogens (primary N) is 1. The smallest absolute Gasteiger partial charge is 0.267 e. The van der Waals surface area contributed by atoms with E-state index in [1.165, 1.54) is 0 Å². The number of sulfonamides is 1. The number of nitrogen functional groups attached to an aromatic ring is 1. The molecule has 1 heterocycles. The third-order valence-electron chi connectivity index (χ3n) is 3.20. The molecule has 6 heteroatoms. The normalized spacial score (nSPS) is 17.9. The number of benzene rings is 1. The highest BCUT2D eigenvalue weighted by Crippen LogP contribution is 2.29. The number of anilines is 1. The van der Waals surface area contributed by atoms with Crippen LogP contribution < -0.4 is 5.73 Å². The molecule has 100 valence electrons. The monoisotopic (exact) mass is 270 g/mol. The summed E-state index contributed by atoms with van der Waals surface area (Å²) in [5, 5.41) is 0. The minimum absolute atomic E-state index is 0.171. The first-order valence-electron chi connectivity index (χ1n) is 5.96. The van der Waals surface area contributed by atoms with Crippen molar-refractivity contribution in [1.29, 1.82) is 0 Å². The molecule has 0 spiro atoms. The van der Waals surface area contributed by atoms with Gasteiger partial charge in [-0.1, -0.05) is 10.5 Å². The van der Waals surface area contributed by atoms with Gasteiger partial charge in [0.25, 0.3) is 10.0 Å². The average molecular weight is 270 g/mol. The van der Waals surface area contributed by atoms with Crippen molar-refractivity contribution in [3.63, 3.8) is 0 Å². The van der Waals surface area contributed by atoms with Crippen molar-refractivity contribution < 1.29 is 13.3 Å². The Morgan fingerprint density at radius 3 is 2.61 bits per heavy atom. The van der Waals surface area contributed by atoms with E-state index < -0.39 is 10.0 Å². The van der Waals surface area contributed by atoms with Gasteiger partial charge in [0.15, 0.2) is 0 Å². The Morgan fingerprint density at radius 1 is 1.28 bits per heavy atom. The highest BCUT2D eigenvalue weighted by Gasteiger charge is 2.30. The Hall–Kier alpha value is -1.11. The molecule has 1 aliphatic heterocycles. The molecular formula is C12H18N2O3S. The molecule has 1 aromatic carbocycles. The molecule has 1 saturated heterocycles. The first kappa shape index (κ1) is 13.3. The van der Waals surface area contributed by atoms with Crippen LogP contribution in [-0.4, -0.2) is 26.0 Å². The molecule has 5 nitrogen and oxygen atoms in total. The molecule has 0 aliphatic carbocycles. The Bertz CT molecular complexity index is 549. The van der Waals surface area contributed by atoms with E-state index in [9.17, 15) is 8.42 Å². The highest BCUT2D eigenvalue weighted by atomic mass is 32.2. The van der Waals surface area contributed by atoms with E-state index in [1.54, 1.807) is 13.0 Å². The summed E-state index contributed by atoms with van der Waals surface area (Å²) >= 11 is 0. The molecule has 0 unspecified atom stereocenters. The summed E-state index contributed by atoms with van der Waals surface area (Å²) in [6.07, 6.45) is 1.69. The lowest BCUT2D eigenvalue weighted by Crippen LogP contribution is -2.36. The van der Waals surface area contributed by atoms with Gasteiger partial charge in [0.1, 0.15) is 4.90 Å². The number of hydroxylamine groups is 1. The SMILES string of the molecule is Cc1ccc(N)c(S(=O)(=O)N2CCCCO2)c1C. The summed E-state index contributed by atoms with van der Waals surface area (Å²) in [5.41, 5.74) is 7.68. The Kier molecular flexibility index (Phi) is 3.61. The van der Waals surface area contributed by atoms with Crippen molar-refractivity contribution in [3.05, 3.63) is 23.3 Å². The lowest BCUT2D eigenvalue weighted by molar-refractivity contribution is -0.108. The molecule has 18 heavy (non-hydrogen) atoms. The summed E-state index contributed by atoms with van der Waals surface area (Å²) < 4.78 is 26.1. The molecule has 0 saturated carbocycles. The van der Waals surface area contributed by atoms with Crippen LogP contribution in [0.15, 0.2) is 17.0 Å². The fourth-order valence-electron chi connectivity index (χ4n) is 2.02. The average Bonchev–Trinajstić information content (AvgIpc) is 2.35. The first-order valence-corrected chi connectivity index (χ1v) is 7.40. The van der Waals surface area contributed by atoms with E-state index in [0.29, 0.717) is 18.7 Å². The summed E-state index contributed by atoms with van der Waals surface area (Å²) in [7, 11) is -3.66. The minimum atomic E-state index is -3.66. The number of nitrogens with zero attached hydrogens (tertiary/aromatic N) is 1. The Morgan fingerprint density at radius 2 is 2.00 bits per heavy atom. The molecule has 0 radical (unpaired) electrons. The van der Waals surface area contributed by atoms with E-state index >= 15 is 0 Å². The van der Waals surface area contributed by atoms with Crippen molar-refractivity contribution >= 4 is 15.7 Å². The largest absolute Gasteiger partial charge is 0.398 e. The summed E-state index contributed by atoms with van der Waals surface area (Å²) in [4.78, 5) is 5.41. The first-order chi connectivity index (χ1) is 8.44. The number of hydrogen-bond acceptors (Lipinski definition) is 4. The van der Waals surface area contributed by atoms with Gasteiger partial charge in [-0.2, -0.15) is 0 Å². The van der Waals surface area contributed by atoms with Gasteiger partial charge in [0.2, 0.25) is 0 Å². The number of aryl methyl sites for hydroxylation is 1. The third-order valence-corrected chi connectivity index (χ3v) is 5.09. The van der Waals surface area contributed by atoms with Crippen molar-refractivity contribution in [3.8, 4) is 0 Å². The second-order valence-corrected chi connectivity index (χ2v) is 6.26. The van der Waals surface area contributed by atoms with Crippen LogP contribution in [0.5, 0.6) is 0 Å². The lowest BCUT2D eigenvalue weighted by atomic mass is 10.1. The maximum absolute atomic E-state index is 12.5. The van der Waals surface area contributed by atoms with E-state index in [1.807, 2.05) is 13.0 Å². The molecule has 0 bridgehead atoms. The predicted octanol–water partition coefficient (Wildman–Crippen LogP) is 1.60. The Balaban J connectivity index is 2.50. The van der Waals surface area contributed by atoms with E-state index in [4.69, 9.17) is 10.6 Å². The van der Waals surface area contributed by atoms with Gasteiger partial charge in [-0.05, 0) is 43.9 Å². The van der Waals surface area contributed by atoms with Crippen LogP contribution in [0.4, 0.5) is 5.69 Å². The van der Waals surface area contributed by atoms with Crippen molar-refractivity contribution in [2.24, 2.45) is 0 Å². The fourth-order valence-corrected chi connectivity index (χ4v) is 3.72. The van der Waals surface area contributed by atoms with Crippen LogP contribution in [0.25, 0.3) is 0 Å². The highest BCUT2D eigenvalue weighted by molar-refractivity contribution is 7.89. The predicted molar refractivity (Wildman–Crippen MR) is 69.4 cm³/mol. The molecular weight excluding hydrogens is 252 g/mol. The molecule has 0 amide bonds. The van der Waals surface area contributed by atoms with Crippen molar-refractivity contribution in [2.75, 3.05) is 18.9 Å². The van der Waals surface area contributed by atoms with Gasteiger partial charge in [-0.15, -0.1) is 0 Å². The van der Waals surface area contributed by atoms with Gasteiger partial charge in [-0.3, -0.25) is 4.84 Å². The molecule has 0 aromatic heterocycles. The minimum Gasteiger partial charge on any atom is -0.398 e. The lowest BCUT2D eigenvalue weighted by Gasteiger charge is -2.26. The topological polar surface area (TPSA) is 72.6 Å². The Labute approximate surface area is 108 Å². The quantitative estimate of drug-likeness (QED) is 0.828. The zero-order valence-corrected chi connectivity index (χ0v) is 11.5. The van der Waals surface area contributed by atoms with Gasteiger partial charge in [-0.25, -0.2) is 8.42 Å². The summed E-state index contributed by atoms with van der Waals surface area (Å²) in [6, 6.07) is 3.44. The zero-order valence-electron chi connectivity index (χ0n) is 10.6. The van der Waals surface area contributed by atoms with Crippen LogP contribution in [0.3, 0.4) is 0 Å². The molecule has 1 aromatic rings. The number of hydrogen-bond donors (Lipinski definition) is 1. The van der Waals surface area contributed by atoms with Crippen LogP contribution in [-0.2, 0) is 14.9 Å². The van der Waals surface area contributed by atoms with Gasteiger partial charge >= 0.3 is 0 Å². The van der Waals surface area contributed by atoms with E-state index in [0.717, 1.165) is 22.9 Å². The second-order valence-electron chi connectivity index (χ2n) is 4.50. The summed E-state index contributed by atoms with van der Waals surface area (Å²) in [5.74, 6) is 0. The second kappa shape index (κ2) is 4.87. The van der Waals surface area contributed by atoms with Crippen molar-refractivity contribution in [2.45, 2.75) is 31.6 Å². The van der Waals surface area contributed by atoms with Crippen molar-refractivity contribution in [1.82, 2.24) is 4.47 Å². The molecule has 1 fully saturated rings. The van der Waals surface area contributed by atoms with Gasteiger partial charge in [0.05, 0.1) is 12.3 Å². The van der Waals surface area contributed by atoms with Crippen LogP contribution in [0.2, 0.25) is 0 Å². The summed E-state index contributed by atoms with van der Waals surface area (Å²) in [6.45, 7) is 4.45. The maximum Gasteiger partial charge on any atom is 0.267 e. The third kappa shape index (κ3) is 2.23. The van der Waals surface area contributed by atoms with Gasteiger partial charge < -0.3 is 5.73 Å². The molecule has 0 atom stereocenters.